The number of hydrogen-bond donors (Lipinski definition) is 1. The van der Waals surface area contributed by atoms with E-state index in [1.54, 1.807) is 21.8 Å². The minimum atomic E-state index is 0. The largest absolute Gasteiger partial charge is 0.319 e. The van der Waals surface area contributed by atoms with Crippen molar-refractivity contribution < 1.29 is 0 Å². The lowest BCUT2D eigenvalue weighted by atomic mass is 10.1. The zero-order chi connectivity index (χ0) is 8.67. The Balaban J connectivity index is 0.000000750. The molecule has 1 aliphatic heterocycles. The number of benzene rings is 2. The van der Waals surface area contributed by atoms with E-state index in [1.165, 1.54) is 21.4 Å². The molecule has 1 heterocycles. The van der Waals surface area contributed by atoms with Crippen LogP contribution >= 0.6 is 34.2 Å². The van der Waals surface area contributed by atoms with Crippen molar-refractivity contribution in [1.29, 1.82) is 0 Å². The minimum Gasteiger partial charge on any atom is -0.319 e. The molecule has 1 N–H and O–H groups in total. The third kappa shape index (κ3) is 1.45. The molecule has 0 aromatic heterocycles. The summed E-state index contributed by atoms with van der Waals surface area (Å²) in [6, 6.07) is 12.8. The first kappa shape index (κ1) is 10.0. The van der Waals surface area contributed by atoms with E-state index in [4.69, 9.17) is 0 Å². The van der Waals surface area contributed by atoms with Gasteiger partial charge in [0, 0.05) is 11.0 Å². The van der Waals surface area contributed by atoms with Gasteiger partial charge in [0.1, 0.15) is 0 Å². The molecule has 0 bridgehead atoms. The quantitative estimate of drug-likeness (QED) is 0.544. The predicted octanol–water partition coefficient (Wildman–Crippen LogP) is 4.34. The van der Waals surface area contributed by atoms with Crippen LogP contribution in [-0.4, -0.2) is 0 Å². The molecular formula is C10H8ClNS2. The molecule has 0 aliphatic carbocycles. The first-order valence-corrected chi connectivity index (χ1v) is 6.21. The van der Waals surface area contributed by atoms with E-state index in [9.17, 15) is 0 Å². The predicted molar refractivity (Wildman–Crippen MR) is 68.3 cm³/mol. The summed E-state index contributed by atoms with van der Waals surface area (Å²) in [7, 11) is 3.49. The molecule has 0 saturated heterocycles. The lowest BCUT2D eigenvalue weighted by molar-refractivity contribution is 1.56. The number of halogens is 1. The van der Waals surface area contributed by atoms with Crippen LogP contribution in [0.3, 0.4) is 0 Å². The molecule has 1 aliphatic rings. The van der Waals surface area contributed by atoms with Crippen molar-refractivity contribution in [2.24, 2.45) is 0 Å². The molecule has 2 aromatic rings. The Bertz CT molecular complexity index is 473. The van der Waals surface area contributed by atoms with Gasteiger partial charge in [-0.25, -0.2) is 0 Å². The number of anilines is 1. The Morgan fingerprint density at radius 2 is 1.86 bits per heavy atom. The lowest BCUT2D eigenvalue weighted by Crippen LogP contribution is -1.79. The van der Waals surface area contributed by atoms with Crippen LogP contribution in [0.15, 0.2) is 41.3 Å². The smallest absolute Gasteiger partial charge is 0.0600 e. The number of fused-ring (bicyclic) bond motifs is 3. The van der Waals surface area contributed by atoms with E-state index < -0.39 is 0 Å². The van der Waals surface area contributed by atoms with Crippen LogP contribution < -0.4 is 4.72 Å². The average molecular weight is 242 g/mol. The van der Waals surface area contributed by atoms with Crippen molar-refractivity contribution in [3.05, 3.63) is 36.4 Å². The molecule has 72 valence electrons. The highest BCUT2D eigenvalue weighted by Crippen LogP contribution is 2.47. The fraction of sp³-hybridized carbons (Fsp3) is 0. The van der Waals surface area contributed by atoms with Gasteiger partial charge in [-0.3, -0.25) is 0 Å². The van der Waals surface area contributed by atoms with Crippen molar-refractivity contribution in [2.45, 2.75) is 4.90 Å². The van der Waals surface area contributed by atoms with Crippen LogP contribution in [0.2, 0.25) is 0 Å². The summed E-state index contributed by atoms with van der Waals surface area (Å²) in [5, 5.41) is 2.67. The van der Waals surface area contributed by atoms with Crippen molar-refractivity contribution in [2.75, 3.05) is 4.72 Å². The maximum Gasteiger partial charge on any atom is 0.0600 e. The van der Waals surface area contributed by atoms with Crippen LogP contribution in [0, 0.1) is 0 Å². The summed E-state index contributed by atoms with van der Waals surface area (Å²) in [6.45, 7) is 0. The molecule has 4 heteroatoms. The first-order chi connectivity index (χ1) is 6.45. The van der Waals surface area contributed by atoms with E-state index >= 15 is 0 Å². The van der Waals surface area contributed by atoms with Gasteiger partial charge in [0.05, 0.1) is 10.6 Å². The van der Waals surface area contributed by atoms with Crippen molar-refractivity contribution in [1.82, 2.24) is 0 Å². The second-order valence-corrected chi connectivity index (χ2v) is 4.88. The fourth-order valence-corrected chi connectivity index (χ4v) is 3.64. The fourth-order valence-electron chi connectivity index (χ4n) is 1.52. The lowest BCUT2D eigenvalue weighted by Gasteiger charge is -2.01. The van der Waals surface area contributed by atoms with Gasteiger partial charge in [-0.2, -0.15) is 0 Å². The maximum atomic E-state index is 3.27. The second-order valence-electron chi connectivity index (χ2n) is 2.93. The molecule has 0 radical (unpaired) electrons. The standard InChI is InChI=1S/C10H7NS2.ClH/c1-2-4-8-7(3-1)5-6-9-10(8)12-13-11-9;/h1-6,11H;1H. The van der Waals surface area contributed by atoms with E-state index in [-0.39, 0.29) is 12.4 Å². The minimum absolute atomic E-state index is 0. The van der Waals surface area contributed by atoms with Gasteiger partial charge >= 0.3 is 0 Å². The average Bonchev–Trinajstić information content (AvgIpc) is 2.65. The van der Waals surface area contributed by atoms with Crippen LogP contribution in [-0.2, 0) is 0 Å². The summed E-state index contributed by atoms with van der Waals surface area (Å²) in [5.74, 6) is 0. The SMILES string of the molecule is Cl.c1ccc2c3c(ccc2c1)NSS3. The Morgan fingerprint density at radius 1 is 1.00 bits per heavy atom. The molecule has 0 amide bonds. The van der Waals surface area contributed by atoms with Crippen LogP contribution in [0.4, 0.5) is 5.69 Å². The Hall–Kier alpha value is -0.510. The van der Waals surface area contributed by atoms with Gasteiger partial charge < -0.3 is 4.72 Å². The highest BCUT2D eigenvalue weighted by atomic mass is 35.5. The molecule has 0 unspecified atom stereocenters. The molecule has 3 rings (SSSR count). The third-order valence-electron chi connectivity index (χ3n) is 2.16. The van der Waals surface area contributed by atoms with Gasteiger partial charge in [0.2, 0.25) is 0 Å². The Labute approximate surface area is 96.6 Å². The molecule has 2 aromatic carbocycles. The van der Waals surface area contributed by atoms with E-state index in [0.29, 0.717) is 0 Å². The van der Waals surface area contributed by atoms with E-state index in [1.807, 2.05) is 0 Å². The summed E-state index contributed by atoms with van der Waals surface area (Å²) in [5.41, 5.74) is 1.24. The summed E-state index contributed by atoms with van der Waals surface area (Å²) in [6.07, 6.45) is 0. The number of hydrogen-bond acceptors (Lipinski definition) is 3. The maximum absolute atomic E-state index is 3.27. The normalized spacial score (nSPS) is 13.1. The summed E-state index contributed by atoms with van der Waals surface area (Å²) in [4.78, 5) is 1.36. The first-order valence-electron chi connectivity index (χ1n) is 4.06. The summed E-state index contributed by atoms with van der Waals surface area (Å²) < 4.78 is 3.27. The van der Waals surface area contributed by atoms with Gasteiger partial charge in [-0.1, -0.05) is 30.3 Å². The van der Waals surface area contributed by atoms with E-state index in [0.717, 1.165) is 0 Å². The number of rotatable bonds is 0. The molecule has 14 heavy (non-hydrogen) atoms. The molecule has 0 saturated carbocycles. The van der Waals surface area contributed by atoms with Gasteiger partial charge in [-0.05, 0) is 27.6 Å². The third-order valence-corrected chi connectivity index (χ3v) is 4.15. The summed E-state index contributed by atoms with van der Waals surface area (Å²) >= 11 is 0. The monoisotopic (exact) mass is 241 g/mol. The molecular weight excluding hydrogens is 234 g/mol. The zero-order valence-electron chi connectivity index (χ0n) is 7.19. The molecule has 1 nitrogen and oxygen atoms in total. The Kier molecular flexibility index (Phi) is 2.81. The molecule has 0 spiro atoms. The van der Waals surface area contributed by atoms with Crippen LogP contribution in [0.1, 0.15) is 0 Å². The van der Waals surface area contributed by atoms with Crippen molar-refractivity contribution in [3.8, 4) is 0 Å². The second kappa shape index (κ2) is 3.93. The highest BCUT2D eigenvalue weighted by Gasteiger charge is 2.13. The zero-order valence-corrected chi connectivity index (χ0v) is 9.64. The van der Waals surface area contributed by atoms with Gasteiger partial charge in [0.25, 0.3) is 0 Å². The molecule has 0 fully saturated rings. The highest BCUT2D eigenvalue weighted by molar-refractivity contribution is 8.77. The van der Waals surface area contributed by atoms with Crippen LogP contribution in [0.5, 0.6) is 0 Å². The van der Waals surface area contributed by atoms with Crippen molar-refractivity contribution in [3.63, 3.8) is 0 Å². The van der Waals surface area contributed by atoms with Gasteiger partial charge in [0.15, 0.2) is 0 Å². The van der Waals surface area contributed by atoms with Crippen molar-refractivity contribution >= 4 is 50.6 Å². The topological polar surface area (TPSA) is 12.0 Å². The van der Waals surface area contributed by atoms with Crippen LogP contribution in [0.25, 0.3) is 10.8 Å². The molecule has 0 atom stereocenters. The Morgan fingerprint density at radius 3 is 2.79 bits per heavy atom. The number of nitrogens with one attached hydrogen (secondary N) is 1. The van der Waals surface area contributed by atoms with Gasteiger partial charge in [-0.15, -0.1) is 12.4 Å². The van der Waals surface area contributed by atoms with E-state index in [2.05, 4.69) is 41.1 Å².